The van der Waals surface area contributed by atoms with Crippen molar-refractivity contribution in [3.05, 3.63) is 28.5 Å². The number of aromatic nitrogens is 1. The van der Waals surface area contributed by atoms with Gasteiger partial charge >= 0.3 is 0 Å². The van der Waals surface area contributed by atoms with Crippen LogP contribution in [0.4, 0.5) is 0 Å². The quantitative estimate of drug-likeness (QED) is 0.832. The van der Waals surface area contributed by atoms with Gasteiger partial charge in [-0.05, 0) is 35.1 Å². The lowest BCUT2D eigenvalue weighted by molar-refractivity contribution is 0.0941. The van der Waals surface area contributed by atoms with Crippen molar-refractivity contribution >= 4 is 21.8 Å². The van der Waals surface area contributed by atoms with Crippen molar-refractivity contribution in [1.82, 2.24) is 20.1 Å². The Hall–Kier alpha value is -0.980. The maximum absolute atomic E-state index is 11.9. The fourth-order valence-corrected chi connectivity index (χ4v) is 2.41. The predicted molar refractivity (Wildman–Crippen MR) is 78.2 cm³/mol. The van der Waals surface area contributed by atoms with Gasteiger partial charge in [0.25, 0.3) is 5.91 Å². The first-order valence-electron chi connectivity index (χ1n) is 6.46. The maximum Gasteiger partial charge on any atom is 0.251 e. The first kappa shape index (κ1) is 14.4. The van der Waals surface area contributed by atoms with Gasteiger partial charge in [0.1, 0.15) is 4.60 Å². The lowest BCUT2D eigenvalue weighted by Crippen LogP contribution is -2.46. The molecule has 0 saturated carbocycles. The number of pyridine rings is 1. The molecule has 5 nitrogen and oxygen atoms in total. The average Bonchev–Trinajstić information content (AvgIpc) is 2.41. The minimum Gasteiger partial charge on any atom is -0.351 e. The van der Waals surface area contributed by atoms with E-state index in [4.69, 9.17) is 0 Å². The Bertz CT molecular complexity index is 432. The summed E-state index contributed by atoms with van der Waals surface area (Å²) in [4.78, 5) is 20.6. The Morgan fingerprint density at radius 1 is 1.42 bits per heavy atom. The van der Waals surface area contributed by atoms with E-state index in [-0.39, 0.29) is 5.91 Å². The van der Waals surface area contributed by atoms with Crippen LogP contribution in [0.15, 0.2) is 22.9 Å². The largest absolute Gasteiger partial charge is 0.351 e. The highest BCUT2D eigenvalue weighted by Crippen LogP contribution is 2.07. The van der Waals surface area contributed by atoms with E-state index < -0.39 is 0 Å². The molecule has 0 aromatic carbocycles. The van der Waals surface area contributed by atoms with Crippen molar-refractivity contribution in [1.29, 1.82) is 0 Å². The van der Waals surface area contributed by atoms with Gasteiger partial charge in [-0.15, -0.1) is 0 Å². The molecule has 0 atom stereocenters. The number of nitrogens with one attached hydrogen (secondary N) is 1. The SMILES string of the molecule is CN1CCN(CCNC(=O)c2ccnc(Br)c2)CC1. The second kappa shape index (κ2) is 6.98. The Kier molecular flexibility index (Phi) is 5.30. The number of amides is 1. The van der Waals surface area contributed by atoms with Gasteiger partial charge in [-0.3, -0.25) is 9.69 Å². The molecule has 1 saturated heterocycles. The van der Waals surface area contributed by atoms with Gasteiger partial charge in [0.15, 0.2) is 0 Å². The van der Waals surface area contributed by atoms with Gasteiger partial charge in [-0.25, -0.2) is 4.98 Å². The minimum absolute atomic E-state index is 0.0442. The fraction of sp³-hybridized carbons (Fsp3) is 0.538. The summed E-state index contributed by atoms with van der Waals surface area (Å²) < 4.78 is 0.680. The number of hydrogen-bond acceptors (Lipinski definition) is 4. The molecule has 104 valence electrons. The molecule has 1 amide bonds. The van der Waals surface area contributed by atoms with Gasteiger partial charge in [-0.2, -0.15) is 0 Å². The summed E-state index contributed by atoms with van der Waals surface area (Å²) in [6.07, 6.45) is 1.62. The normalized spacial score (nSPS) is 17.4. The molecule has 0 bridgehead atoms. The molecule has 0 radical (unpaired) electrons. The van der Waals surface area contributed by atoms with Crippen molar-refractivity contribution in [2.45, 2.75) is 0 Å². The average molecular weight is 327 g/mol. The summed E-state index contributed by atoms with van der Waals surface area (Å²) in [6.45, 7) is 5.95. The molecule has 19 heavy (non-hydrogen) atoms. The number of halogens is 1. The van der Waals surface area contributed by atoms with E-state index in [0.717, 1.165) is 32.7 Å². The molecule has 2 heterocycles. The number of rotatable bonds is 4. The van der Waals surface area contributed by atoms with Crippen molar-refractivity contribution in [3.63, 3.8) is 0 Å². The molecule has 1 aromatic rings. The second-order valence-corrected chi connectivity index (χ2v) is 5.58. The van der Waals surface area contributed by atoms with E-state index >= 15 is 0 Å². The zero-order chi connectivity index (χ0) is 13.7. The third kappa shape index (κ3) is 4.56. The summed E-state index contributed by atoms with van der Waals surface area (Å²) >= 11 is 3.26. The Labute approximate surface area is 122 Å². The maximum atomic E-state index is 11.9. The first-order chi connectivity index (χ1) is 9.15. The van der Waals surface area contributed by atoms with E-state index in [2.05, 4.69) is 43.1 Å². The monoisotopic (exact) mass is 326 g/mol. The molecule has 1 aromatic heterocycles. The van der Waals surface area contributed by atoms with Crippen molar-refractivity contribution < 1.29 is 4.79 Å². The molecule has 0 spiro atoms. The summed E-state index contributed by atoms with van der Waals surface area (Å²) in [5, 5.41) is 2.94. The van der Waals surface area contributed by atoms with Crippen LogP contribution in [0, 0.1) is 0 Å². The molecule has 1 aliphatic rings. The fourth-order valence-electron chi connectivity index (χ4n) is 2.04. The summed E-state index contributed by atoms with van der Waals surface area (Å²) in [7, 11) is 2.14. The zero-order valence-electron chi connectivity index (χ0n) is 11.1. The van der Waals surface area contributed by atoms with Crippen LogP contribution in [-0.2, 0) is 0 Å². The summed E-state index contributed by atoms with van der Waals surface area (Å²) in [5.41, 5.74) is 0.639. The van der Waals surface area contributed by atoms with E-state index in [0.29, 0.717) is 16.7 Å². The molecule has 6 heteroatoms. The minimum atomic E-state index is -0.0442. The summed E-state index contributed by atoms with van der Waals surface area (Å²) in [5.74, 6) is -0.0442. The smallest absolute Gasteiger partial charge is 0.251 e. The lowest BCUT2D eigenvalue weighted by Gasteiger charge is -2.32. The molecule has 0 unspecified atom stereocenters. The van der Waals surface area contributed by atoms with Crippen molar-refractivity contribution in [2.75, 3.05) is 46.3 Å². The van der Waals surface area contributed by atoms with Crippen LogP contribution >= 0.6 is 15.9 Å². The number of nitrogens with zero attached hydrogens (tertiary/aromatic N) is 3. The van der Waals surface area contributed by atoms with E-state index in [1.54, 1.807) is 18.3 Å². The first-order valence-corrected chi connectivity index (χ1v) is 7.25. The number of carbonyl (C=O) groups is 1. The van der Waals surface area contributed by atoms with E-state index in [1.165, 1.54) is 0 Å². The molecular weight excluding hydrogens is 308 g/mol. The highest BCUT2D eigenvalue weighted by Gasteiger charge is 2.13. The van der Waals surface area contributed by atoms with Crippen molar-refractivity contribution in [2.24, 2.45) is 0 Å². The molecule has 1 N–H and O–H groups in total. The van der Waals surface area contributed by atoms with Crippen LogP contribution in [0.5, 0.6) is 0 Å². The molecule has 1 fully saturated rings. The van der Waals surface area contributed by atoms with Crippen LogP contribution in [-0.4, -0.2) is 67.0 Å². The van der Waals surface area contributed by atoms with Crippen LogP contribution < -0.4 is 5.32 Å². The number of hydrogen-bond donors (Lipinski definition) is 1. The Morgan fingerprint density at radius 2 is 2.16 bits per heavy atom. The van der Waals surface area contributed by atoms with Crippen LogP contribution in [0.2, 0.25) is 0 Å². The van der Waals surface area contributed by atoms with E-state index in [1.807, 2.05) is 0 Å². The van der Waals surface area contributed by atoms with Gasteiger partial charge in [0.05, 0.1) is 0 Å². The predicted octanol–water partition coefficient (Wildman–Crippen LogP) is 0.821. The highest BCUT2D eigenvalue weighted by atomic mass is 79.9. The number of likely N-dealkylation sites (N-methyl/N-ethyl adjacent to an activating group) is 1. The van der Waals surface area contributed by atoms with Gasteiger partial charge in [0.2, 0.25) is 0 Å². The van der Waals surface area contributed by atoms with Gasteiger partial charge in [-0.1, -0.05) is 0 Å². The van der Waals surface area contributed by atoms with Crippen molar-refractivity contribution in [3.8, 4) is 0 Å². The molecule has 0 aliphatic carbocycles. The molecule has 1 aliphatic heterocycles. The van der Waals surface area contributed by atoms with Crippen LogP contribution in [0.3, 0.4) is 0 Å². The van der Waals surface area contributed by atoms with E-state index in [9.17, 15) is 4.79 Å². The molecule has 2 rings (SSSR count). The Balaban J connectivity index is 1.72. The van der Waals surface area contributed by atoms with Crippen LogP contribution in [0.25, 0.3) is 0 Å². The standard InChI is InChI=1S/C13H19BrN4O/c1-17-6-8-18(9-7-17)5-4-16-13(19)11-2-3-15-12(14)10-11/h2-3,10H,4-9H2,1H3,(H,16,19). The third-order valence-electron chi connectivity index (χ3n) is 3.30. The second-order valence-electron chi connectivity index (χ2n) is 4.77. The lowest BCUT2D eigenvalue weighted by atomic mass is 10.2. The molecular formula is C13H19BrN4O. The number of piperazine rings is 1. The van der Waals surface area contributed by atoms with Crippen LogP contribution in [0.1, 0.15) is 10.4 Å². The zero-order valence-corrected chi connectivity index (χ0v) is 12.7. The number of carbonyl (C=O) groups excluding carboxylic acids is 1. The third-order valence-corrected chi connectivity index (χ3v) is 3.73. The summed E-state index contributed by atoms with van der Waals surface area (Å²) in [6, 6.07) is 3.45. The van der Waals surface area contributed by atoms with Gasteiger partial charge < -0.3 is 10.2 Å². The topological polar surface area (TPSA) is 48.5 Å². The van der Waals surface area contributed by atoms with Gasteiger partial charge in [0, 0.05) is 51.0 Å². The highest BCUT2D eigenvalue weighted by molar-refractivity contribution is 9.10. The Morgan fingerprint density at radius 3 is 2.84 bits per heavy atom.